The molecule has 0 heterocycles. The molecule has 0 bridgehead atoms. The number of nitrogen functional groups attached to an aromatic ring is 1. The van der Waals surface area contributed by atoms with Crippen LogP contribution in [-0.2, 0) is 4.74 Å². The highest BCUT2D eigenvalue weighted by Gasteiger charge is 2.16. The van der Waals surface area contributed by atoms with Gasteiger partial charge in [-0.25, -0.2) is 4.79 Å². The van der Waals surface area contributed by atoms with Crippen molar-refractivity contribution in [3.05, 3.63) is 23.8 Å². The Kier molecular flexibility index (Phi) is 7.20. The number of nitrogens with two attached hydrogens (primary N) is 1. The van der Waals surface area contributed by atoms with Crippen molar-refractivity contribution in [2.24, 2.45) is 0 Å². The van der Waals surface area contributed by atoms with Crippen LogP contribution in [0.25, 0.3) is 0 Å². The molecular formula is C13H21ClN2O2. The van der Waals surface area contributed by atoms with Crippen molar-refractivity contribution in [2.75, 3.05) is 30.3 Å². The molecule has 18 heavy (non-hydrogen) atoms. The number of halogens is 1. The third kappa shape index (κ3) is 3.81. The van der Waals surface area contributed by atoms with Crippen molar-refractivity contribution in [2.45, 2.75) is 20.8 Å². The van der Waals surface area contributed by atoms with Gasteiger partial charge < -0.3 is 15.4 Å². The van der Waals surface area contributed by atoms with Crippen molar-refractivity contribution in [1.29, 1.82) is 0 Å². The highest BCUT2D eigenvalue weighted by Crippen LogP contribution is 2.24. The first kappa shape index (κ1) is 16.6. The lowest BCUT2D eigenvalue weighted by atomic mass is 10.1. The Balaban J connectivity index is 0.00000289. The largest absolute Gasteiger partial charge is 0.462 e. The summed E-state index contributed by atoms with van der Waals surface area (Å²) in [6, 6.07) is 5.26. The lowest BCUT2D eigenvalue weighted by molar-refractivity contribution is 0.0527. The second kappa shape index (κ2) is 7.82. The lowest BCUT2D eigenvalue weighted by Crippen LogP contribution is -2.24. The predicted molar refractivity (Wildman–Crippen MR) is 77.6 cm³/mol. The number of benzene rings is 1. The summed E-state index contributed by atoms with van der Waals surface area (Å²) >= 11 is 0. The van der Waals surface area contributed by atoms with E-state index < -0.39 is 0 Å². The smallest absolute Gasteiger partial charge is 0.340 e. The number of carbonyl (C=O) groups is 1. The van der Waals surface area contributed by atoms with E-state index in [1.54, 1.807) is 19.1 Å². The van der Waals surface area contributed by atoms with Crippen LogP contribution in [0, 0.1) is 0 Å². The van der Waals surface area contributed by atoms with E-state index in [1.165, 1.54) is 0 Å². The quantitative estimate of drug-likeness (QED) is 0.661. The second-order valence-electron chi connectivity index (χ2n) is 3.67. The molecule has 2 N–H and O–H groups in total. The van der Waals surface area contributed by atoms with Gasteiger partial charge in [0, 0.05) is 18.8 Å². The molecule has 0 fully saturated rings. The molecule has 1 aromatic carbocycles. The Morgan fingerprint density at radius 2 is 1.89 bits per heavy atom. The summed E-state index contributed by atoms with van der Waals surface area (Å²) in [5.41, 5.74) is 7.84. The van der Waals surface area contributed by atoms with E-state index >= 15 is 0 Å². The fourth-order valence-electron chi connectivity index (χ4n) is 1.76. The third-order valence-electron chi connectivity index (χ3n) is 2.62. The molecule has 0 aliphatic carbocycles. The highest BCUT2D eigenvalue weighted by molar-refractivity contribution is 5.96. The minimum absolute atomic E-state index is 0. The first-order valence-electron chi connectivity index (χ1n) is 5.95. The van der Waals surface area contributed by atoms with E-state index in [4.69, 9.17) is 10.5 Å². The van der Waals surface area contributed by atoms with Gasteiger partial charge in [0.2, 0.25) is 0 Å². The van der Waals surface area contributed by atoms with Crippen LogP contribution < -0.4 is 10.6 Å². The van der Waals surface area contributed by atoms with Crippen LogP contribution in [0.5, 0.6) is 0 Å². The fraction of sp³-hybridized carbons (Fsp3) is 0.462. The first-order valence-corrected chi connectivity index (χ1v) is 5.95. The number of hydrogen-bond donors (Lipinski definition) is 1. The number of anilines is 2. The average Bonchev–Trinajstić information content (AvgIpc) is 2.31. The predicted octanol–water partition coefficient (Wildman–Crippen LogP) is 2.71. The van der Waals surface area contributed by atoms with Crippen LogP contribution >= 0.6 is 12.4 Å². The zero-order valence-corrected chi connectivity index (χ0v) is 11.9. The summed E-state index contributed by atoms with van der Waals surface area (Å²) in [5, 5.41) is 0. The molecule has 4 nitrogen and oxygen atoms in total. The van der Waals surface area contributed by atoms with Gasteiger partial charge in [0.1, 0.15) is 0 Å². The molecule has 0 unspecified atom stereocenters. The summed E-state index contributed by atoms with van der Waals surface area (Å²) in [6.07, 6.45) is 0. The first-order chi connectivity index (χ1) is 8.13. The van der Waals surface area contributed by atoms with E-state index in [-0.39, 0.29) is 18.4 Å². The number of esters is 1. The van der Waals surface area contributed by atoms with E-state index in [0.29, 0.717) is 17.9 Å². The Hall–Kier alpha value is -1.42. The normalized spacial score (nSPS) is 9.50. The summed E-state index contributed by atoms with van der Waals surface area (Å²) in [7, 11) is 0. The summed E-state index contributed by atoms with van der Waals surface area (Å²) in [6.45, 7) is 7.91. The Bertz CT molecular complexity index is 393. The summed E-state index contributed by atoms with van der Waals surface area (Å²) < 4.78 is 5.04. The molecule has 0 amide bonds. The molecule has 0 saturated carbocycles. The molecular weight excluding hydrogens is 252 g/mol. The number of hydrogen-bond acceptors (Lipinski definition) is 4. The van der Waals surface area contributed by atoms with Crippen molar-refractivity contribution in [1.82, 2.24) is 0 Å². The third-order valence-corrected chi connectivity index (χ3v) is 2.62. The maximum absolute atomic E-state index is 11.8. The molecule has 0 aromatic heterocycles. The molecule has 0 radical (unpaired) electrons. The molecule has 1 rings (SSSR count). The van der Waals surface area contributed by atoms with Gasteiger partial charge in [-0.3, -0.25) is 0 Å². The van der Waals surface area contributed by atoms with E-state index in [2.05, 4.69) is 4.90 Å². The zero-order chi connectivity index (χ0) is 12.8. The number of ether oxygens (including phenoxy) is 1. The topological polar surface area (TPSA) is 55.6 Å². The van der Waals surface area contributed by atoms with Gasteiger partial charge in [-0.2, -0.15) is 0 Å². The zero-order valence-electron chi connectivity index (χ0n) is 11.1. The molecule has 0 saturated heterocycles. The standard InChI is InChI=1S/C13H20N2O2.ClH/c1-4-15(5-2)12-9-10(14)7-8-11(12)13(16)17-6-3;/h7-9H,4-6,14H2,1-3H3;1H. The average molecular weight is 273 g/mol. The van der Waals surface area contributed by atoms with Gasteiger partial charge in [-0.1, -0.05) is 0 Å². The van der Waals surface area contributed by atoms with Gasteiger partial charge in [0.05, 0.1) is 17.9 Å². The molecule has 1 aromatic rings. The van der Waals surface area contributed by atoms with Gasteiger partial charge in [-0.15, -0.1) is 12.4 Å². The number of carbonyl (C=O) groups excluding carboxylic acids is 1. The summed E-state index contributed by atoms with van der Waals surface area (Å²) in [4.78, 5) is 13.9. The number of rotatable bonds is 5. The monoisotopic (exact) mass is 272 g/mol. The van der Waals surface area contributed by atoms with Gasteiger partial charge >= 0.3 is 5.97 Å². The van der Waals surface area contributed by atoms with E-state index in [1.807, 2.05) is 19.9 Å². The van der Waals surface area contributed by atoms with Crippen LogP contribution in [-0.4, -0.2) is 25.7 Å². The van der Waals surface area contributed by atoms with E-state index in [9.17, 15) is 4.79 Å². The van der Waals surface area contributed by atoms with Crippen LogP contribution in [0.1, 0.15) is 31.1 Å². The van der Waals surface area contributed by atoms with Gasteiger partial charge in [-0.05, 0) is 39.0 Å². The van der Waals surface area contributed by atoms with Crippen molar-refractivity contribution in [3.8, 4) is 0 Å². The highest BCUT2D eigenvalue weighted by atomic mass is 35.5. The second-order valence-corrected chi connectivity index (χ2v) is 3.67. The minimum Gasteiger partial charge on any atom is -0.462 e. The Morgan fingerprint density at radius 3 is 2.39 bits per heavy atom. The Morgan fingerprint density at radius 1 is 1.28 bits per heavy atom. The van der Waals surface area contributed by atoms with Crippen LogP contribution in [0.3, 0.4) is 0 Å². The van der Waals surface area contributed by atoms with Crippen molar-refractivity contribution < 1.29 is 9.53 Å². The van der Waals surface area contributed by atoms with Crippen LogP contribution in [0.15, 0.2) is 18.2 Å². The molecule has 5 heteroatoms. The minimum atomic E-state index is -0.297. The molecule has 0 aliphatic rings. The molecule has 102 valence electrons. The van der Waals surface area contributed by atoms with Crippen LogP contribution in [0.4, 0.5) is 11.4 Å². The SMILES string of the molecule is CCOC(=O)c1ccc(N)cc1N(CC)CC.Cl. The maximum Gasteiger partial charge on any atom is 0.340 e. The molecule has 0 spiro atoms. The molecule has 0 atom stereocenters. The van der Waals surface area contributed by atoms with Crippen LogP contribution in [0.2, 0.25) is 0 Å². The Labute approximate surface area is 115 Å². The fourth-order valence-corrected chi connectivity index (χ4v) is 1.76. The maximum atomic E-state index is 11.8. The van der Waals surface area contributed by atoms with Crippen molar-refractivity contribution in [3.63, 3.8) is 0 Å². The van der Waals surface area contributed by atoms with E-state index in [0.717, 1.165) is 18.8 Å². The molecule has 0 aliphatic heterocycles. The number of nitrogens with zero attached hydrogens (tertiary/aromatic N) is 1. The van der Waals surface area contributed by atoms with Gasteiger partial charge in [0.15, 0.2) is 0 Å². The lowest BCUT2D eigenvalue weighted by Gasteiger charge is -2.23. The van der Waals surface area contributed by atoms with Crippen molar-refractivity contribution >= 4 is 29.8 Å². The summed E-state index contributed by atoms with van der Waals surface area (Å²) in [5.74, 6) is -0.297. The van der Waals surface area contributed by atoms with Gasteiger partial charge in [0.25, 0.3) is 0 Å².